The predicted molar refractivity (Wildman–Crippen MR) is 103 cm³/mol. The van der Waals surface area contributed by atoms with Crippen molar-refractivity contribution in [1.29, 1.82) is 0 Å². The number of nitrogens with one attached hydrogen (secondary N) is 1. The maximum Gasteiger partial charge on any atom is 0.230 e. The van der Waals surface area contributed by atoms with Crippen LogP contribution in [-0.2, 0) is 11.3 Å². The molecular weight excluding hydrogens is 334 g/mol. The number of hydrogen-bond donors (Lipinski definition) is 1. The Morgan fingerprint density at radius 2 is 2.12 bits per heavy atom. The van der Waals surface area contributed by atoms with Crippen LogP contribution in [0.1, 0.15) is 18.9 Å². The zero-order valence-corrected chi connectivity index (χ0v) is 16.3. The average molecular weight is 362 g/mol. The summed E-state index contributed by atoms with van der Waals surface area (Å²) in [6.07, 6.45) is 0.950. The van der Waals surface area contributed by atoms with Gasteiger partial charge in [0.05, 0.1) is 5.75 Å². The number of nitrogens with zero attached hydrogens (tertiary/aromatic N) is 4. The molecule has 2 aromatic rings. The monoisotopic (exact) mass is 361 g/mol. The highest BCUT2D eigenvalue weighted by molar-refractivity contribution is 7.99. The van der Waals surface area contributed by atoms with Crippen molar-refractivity contribution in [2.24, 2.45) is 0 Å². The molecule has 1 aromatic carbocycles. The fourth-order valence-corrected chi connectivity index (χ4v) is 3.31. The molecule has 0 fully saturated rings. The summed E-state index contributed by atoms with van der Waals surface area (Å²) in [7, 11) is 4.06. The van der Waals surface area contributed by atoms with Crippen LogP contribution >= 0.6 is 11.8 Å². The maximum absolute atomic E-state index is 12.0. The summed E-state index contributed by atoms with van der Waals surface area (Å²) in [5.74, 6) is 1.24. The molecule has 2 rings (SSSR count). The van der Waals surface area contributed by atoms with Gasteiger partial charge in [0.1, 0.15) is 0 Å². The van der Waals surface area contributed by atoms with Crippen molar-refractivity contribution in [3.8, 4) is 11.4 Å². The number of hydrogen-bond acceptors (Lipinski definition) is 5. The fraction of sp³-hybridized carbons (Fsp3) is 0.500. The van der Waals surface area contributed by atoms with E-state index in [2.05, 4.69) is 51.0 Å². The lowest BCUT2D eigenvalue weighted by molar-refractivity contribution is -0.118. The summed E-state index contributed by atoms with van der Waals surface area (Å²) < 4.78 is 2.05. The summed E-state index contributed by atoms with van der Waals surface area (Å²) in [5.41, 5.74) is 2.24. The topological polar surface area (TPSA) is 63.1 Å². The van der Waals surface area contributed by atoms with E-state index in [4.69, 9.17) is 0 Å². The van der Waals surface area contributed by atoms with Crippen molar-refractivity contribution in [2.75, 3.05) is 32.9 Å². The van der Waals surface area contributed by atoms with Crippen LogP contribution in [0.15, 0.2) is 29.4 Å². The number of rotatable bonds is 9. The molecule has 0 saturated carbocycles. The Hall–Kier alpha value is -1.86. The van der Waals surface area contributed by atoms with Crippen LogP contribution in [-0.4, -0.2) is 58.5 Å². The van der Waals surface area contributed by atoms with E-state index in [0.29, 0.717) is 12.3 Å². The molecule has 0 unspecified atom stereocenters. The molecule has 1 aromatic heterocycles. The molecule has 1 amide bonds. The van der Waals surface area contributed by atoms with Gasteiger partial charge in [-0.15, -0.1) is 10.2 Å². The minimum Gasteiger partial charge on any atom is -0.355 e. The molecule has 136 valence electrons. The van der Waals surface area contributed by atoms with E-state index in [1.54, 1.807) is 0 Å². The molecule has 0 radical (unpaired) electrons. The number of thioether (sulfide) groups is 1. The van der Waals surface area contributed by atoms with Crippen LogP contribution in [0.2, 0.25) is 0 Å². The number of aromatic nitrogens is 3. The van der Waals surface area contributed by atoms with Gasteiger partial charge in [0.2, 0.25) is 5.91 Å². The highest BCUT2D eigenvalue weighted by Crippen LogP contribution is 2.24. The molecule has 0 bridgehead atoms. The van der Waals surface area contributed by atoms with Gasteiger partial charge in [-0.25, -0.2) is 0 Å². The smallest absolute Gasteiger partial charge is 0.230 e. The van der Waals surface area contributed by atoms with Gasteiger partial charge in [0, 0.05) is 18.7 Å². The van der Waals surface area contributed by atoms with E-state index >= 15 is 0 Å². The fourth-order valence-electron chi connectivity index (χ4n) is 2.48. The minimum atomic E-state index is 0.0338. The third kappa shape index (κ3) is 5.86. The van der Waals surface area contributed by atoms with E-state index in [-0.39, 0.29) is 5.91 Å². The Kier molecular flexibility index (Phi) is 7.46. The first kappa shape index (κ1) is 19.5. The van der Waals surface area contributed by atoms with Gasteiger partial charge >= 0.3 is 0 Å². The zero-order valence-electron chi connectivity index (χ0n) is 15.5. The van der Waals surface area contributed by atoms with E-state index in [1.165, 1.54) is 17.3 Å². The third-order valence-corrected chi connectivity index (χ3v) is 4.71. The quantitative estimate of drug-likeness (QED) is 0.549. The summed E-state index contributed by atoms with van der Waals surface area (Å²) >= 11 is 1.43. The Morgan fingerprint density at radius 3 is 2.80 bits per heavy atom. The van der Waals surface area contributed by atoms with Gasteiger partial charge in [0.25, 0.3) is 0 Å². The number of benzene rings is 1. The molecule has 6 nitrogen and oxygen atoms in total. The van der Waals surface area contributed by atoms with Gasteiger partial charge < -0.3 is 14.8 Å². The highest BCUT2D eigenvalue weighted by Gasteiger charge is 2.14. The van der Waals surface area contributed by atoms with Crippen LogP contribution in [0.4, 0.5) is 0 Å². The summed E-state index contributed by atoms with van der Waals surface area (Å²) in [5, 5.41) is 12.3. The molecule has 0 saturated heterocycles. The first-order valence-electron chi connectivity index (χ1n) is 8.55. The first-order valence-corrected chi connectivity index (χ1v) is 9.54. The zero-order chi connectivity index (χ0) is 18.2. The highest BCUT2D eigenvalue weighted by atomic mass is 32.2. The molecule has 0 spiro atoms. The number of carbonyl (C=O) groups excluding carboxylic acids is 1. The largest absolute Gasteiger partial charge is 0.355 e. The predicted octanol–water partition coefficient (Wildman–Crippen LogP) is 2.43. The van der Waals surface area contributed by atoms with Crippen molar-refractivity contribution < 1.29 is 4.79 Å². The molecule has 0 aliphatic carbocycles. The summed E-state index contributed by atoms with van der Waals surface area (Å²) in [4.78, 5) is 14.1. The van der Waals surface area contributed by atoms with Crippen LogP contribution in [0, 0.1) is 6.92 Å². The normalized spacial score (nSPS) is 11.1. The van der Waals surface area contributed by atoms with Crippen LogP contribution < -0.4 is 5.32 Å². The van der Waals surface area contributed by atoms with Crippen LogP contribution in [0.25, 0.3) is 11.4 Å². The van der Waals surface area contributed by atoms with Crippen LogP contribution in [0.5, 0.6) is 0 Å². The Bertz CT molecular complexity index is 699. The second-order valence-electron chi connectivity index (χ2n) is 6.22. The number of amides is 1. The lowest BCUT2D eigenvalue weighted by Gasteiger charge is -2.10. The number of aryl methyl sites for hydroxylation is 1. The van der Waals surface area contributed by atoms with Gasteiger partial charge in [0.15, 0.2) is 11.0 Å². The van der Waals surface area contributed by atoms with Crippen molar-refractivity contribution >= 4 is 17.7 Å². The Balaban J connectivity index is 1.93. The van der Waals surface area contributed by atoms with E-state index < -0.39 is 0 Å². The lowest BCUT2D eigenvalue weighted by Crippen LogP contribution is -2.28. The van der Waals surface area contributed by atoms with Gasteiger partial charge in [-0.3, -0.25) is 4.79 Å². The van der Waals surface area contributed by atoms with E-state index in [9.17, 15) is 4.79 Å². The Morgan fingerprint density at radius 1 is 1.32 bits per heavy atom. The van der Waals surface area contributed by atoms with Gasteiger partial charge in [-0.05, 0) is 47.0 Å². The maximum atomic E-state index is 12.0. The molecule has 25 heavy (non-hydrogen) atoms. The third-order valence-electron chi connectivity index (χ3n) is 3.75. The SMILES string of the molecule is CCn1c(SCC(=O)NCCCN(C)C)nnc1-c1cccc(C)c1. The second-order valence-corrected chi connectivity index (χ2v) is 7.16. The van der Waals surface area contributed by atoms with E-state index in [1.807, 2.05) is 26.2 Å². The van der Waals surface area contributed by atoms with Gasteiger partial charge in [-0.2, -0.15) is 0 Å². The molecule has 1 N–H and O–H groups in total. The van der Waals surface area contributed by atoms with Crippen molar-refractivity contribution in [3.05, 3.63) is 29.8 Å². The first-order chi connectivity index (χ1) is 12.0. The summed E-state index contributed by atoms with van der Waals surface area (Å²) in [6, 6.07) is 8.22. The minimum absolute atomic E-state index is 0.0338. The molecule has 7 heteroatoms. The number of carbonyl (C=O) groups is 1. The lowest BCUT2D eigenvalue weighted by atomic mass is 10.1. The molecule has 0 atom stereocenters. The van der Waals surface area contributed by atoms with Crippen molar-refractivity contribution in [1.82, 2.24) is 25.0 Å². The summed E-state index contributed by atoms with van der Waals surface area (Å²) in [6.45, 7) is 6.56. The van der Waals surface area contributed by atoms with Crippen molar-refractivity contribution in [2.45, 2.75) is 32.0 Å². The molecule has 0 aliphatic heterocycles. The molecular formula is C18H27N5OS. The van der Waals surface area contributed by atoms with Crippen LogP contribution in [0.3, 0.4) is 0 Å². The standard InChI is InChI=1S/C18H27N5OS/c1-5-23-17(15-9-6-8-14(2)12-15)20-21-18(23)25-13-16(24)19-10-7-11-22(3)4/h6,8-9,12H,5,7,10-11,13H2,1-4H3,(H,19,24). The second kappa shape index (κ2) is 9.58. The molecule has 1 heterocycles. The molecule has 0 aliphatic rings. The Labute approximate surface area is 154 Å². The van der Waals surface area contributed by atoms with E-state index in [0.717, 1.165) is 36.1 Å². The van der Waals surface area contributed by atoms with Crippen molar-refractivity contribution in [3.63, 3.8) is 0 Å². The average Bonchev–Trinajstić information content (AvgIpc) is 2.99. The van der Waals surface area contributed by atoms with Gasteiger partial charge in [-0.1, -0.05) is 35.5 Å².